The van der Waals surface area contributed by atoms with E-state index in [0.717, 1.165) is 16.1 Å². The predicted molar refractivity (Wildman–Crippen MR) is 163 cm³/mol. The second-order valence-electron chi connectivity index (χ2n) is 9.52. The zero-order valence-electron chi connectivity index (χ0n) is 22.1. The number of sulfonamides is 1. The van der Waals surface area contributed by atoms with Gasteiger partial charge in [-0.1, -0.05) is 82.8 Å². The van der Waals surface area contributed by atoms with Crippen LogP contribution in [0.1, 0.15) is 25.0 Å². The molecule has 3 rings (SSSR count). The normalized spacial score (nSPS) is 12.2. The van der Waals surface area contributed by atoms with Crippen molar-refractivity contribution < 1.29 is 18.0 Å². The second kappa shape index (κ2) is 13.9. The molecule has 1 N–H and O–H groups in total. The first-order chi connectivity index (χ1) is 18.7. The van der Waals surface area contributed by atoms with Crippen molar-refractivity contribution in [3.8, 4) is 0 Å². The van der Waals surface area contributed by atoms with Crippen molar-refractivity contribution in [1.82, 2.24) is 10.2 Å². The van der Waals surface area contributed by atoms with Crippen LogP contribution in [0.25, 0.3) is 0 Å². The topological polar surface area (TPSA) is 86.8 Å². The molecule has 3 aromatic rings. The standard InChI is InChI=1S/C28H29Cl4N3O4S/c1-18(2)33-28(37)26(11-19-7-5-4-6-8-19)34(16-20-9-10-21(29)15-25(20)32)27(36)17-35(40(3,38)39)24-13-22(30)12-23(31)14-24/h4-10,12-15,18,26H,11,16-17H2,1-3H3,(H,33,37). The Labute approximate surface area is 255 Å². The molecule has 0 saturated carbocycles. The van der Waals surface area contributed by atoms with Crippen LogP contribution in [0.15, 0.2) is 66.7 Å². The number of carbonyl (C=O) groups excluding carboxylic acids is 2. The van der Waals surface area contributed by atoms with E-state index in [0.29, 0.717) is 15.6 Å². The van der Waals surface area contributed by atoms with E-state index in [2.05, 4.69) is 5.32 Å². The molecule has 2 amide bonds. The van der Waals surface area contributed by atoms with Crippen molar-refractivity contribution >= 4 is 73.9 Å². The Balaban J connectivity index is 2.10. The Hall–Kier alpha value is -2.49. The SMILES string of the molecule is CC(C)NC(=O)C(Cc1ccccc1)N(Cc1ccc(Cl)cc1Cl)C(=O)CN(c1cc(Cl)cc(Cl)c1)S(C)(=O)=O. The Kier molecular flexibility index (Phi) is 11.1. The Morgan fingerprint density at radius 1 is 0.875 bits per heavy atom. The number of nitrogens with one attached hydrogen (secondary N) is 1. The fraction of sp³-hybridized carbons (Fsp3) is 0.286. The van der Waals surface area contributed by atoms with Crippen molar-refractivity contribution in [3.05, 3.63) is 97.9 Å². The number of halogens is 4. The third-order valence-electron chi connectivity index (χ3n) is 5.87. The van der Waals surface area contributed by atoms with E-state index in [-0.39, 0.29) is 34.7 Å². The van der Waals surface area contributed by atoms with Gasteiger partial charge in [-0.15, -0.1) is 0 Å². The summed E-state index contributed by atoms with van der Waals surface area (Å²) in [6, 6.07) is 17.1. The van der Waals surface area contributed by atoms with Gasteiger partial charge in [0.2, 0.25) is 21.8 Å². The van der Waals surface area contributed by atoms with E-state index >= 15 is 0 Å². The van der Waals surface area contributed by atoms with Crippen molar-refractivity contribution in [2.24, 2.45) is 0 Å². The van der Waals surface area contributed by atoms with Crippen molar-refractivity contribution in [3.63, 3.8) is 0 Å². The molecule has 1 unspecified atom stereocenters. The van der Waals surface area contributed by atoms with Crippen LogP contribution in [-0.2, 0) is 32.6 Å². The first-order valence-electron chi connectivity index (χ1n) is 12.3. The van der Waals surface area contributed by atoms with Gasteiger partial charge in [0.05, 0.1) is 11.9 Å². The third kappa shape index (κ3) is 9.01. The molecule has 0 aliphatic rings. The summed E-state index contributed by atoms with van der Waals surface area (Å²) >= 11 is 24.8. The van der Waals surface area contributed by atoms with Gasteiger partial charge in [0.25, 0.3) is 0 Å². The van der Waals surface area contributed by atoms with Gasteiger partial charge in [0, 0.05) is 39.1 Å². The van der Waals surface area contributed by atoms with Crippen LogP contribution in [0.4, 0.5) is 5.69 Å². The van der Waals surface area contributed by atoms with Gasteiger partial charge in [-0.2, -0.15) is 0 Å². The quantitative estimate of drug-likeness (QED) is 0.268. The molecule has 0 saturated heterocycles. The van der Waals surface area contributed by atoms with Crippen molar-refractivity contribution in [1.29, 1.82) is 0 Å². The molecule has 0 fully saturated rings. The van der Waals surface area contributed by atoms with Crippen molar-refractivity contribution in [2.75, 3.05) is 17.1 Å². The van der Waals surface area contributed by atoms with Crippen LogP contribution in [0.5, 0.6) is 0 Å². The van der Waals surface area contributed by atoms with Gasteiger partial charge in [-0.25, -0.2) is 8.42 Å². The molecule has 12 heteroatoms. The van der Waals surface area contributed by atoms with Crippen molar-refractivity contribution in [2.45, 2.75) is 38.9 Å². The van der Waals surface area contributed by atoms with E-state index in [1.165, 1.54) is 29.2 Å². The van der Waals surface area contributed by atoms with Gasteiger partial charge in [0.15, 0.2) is 0 Å². The molecule has 3 aromatic carbocycles. The maximum Gasteiger partial charge on any atom is 0.244 e. The zero-order chi connectivity index (χ0) is 29.6. The summed E-state index contributed by atoms with van der Waals surface area (Å²) in [6.45, 7) is 2.94. The van der Waals surface area contributed by atoms with Gasteiger partial charge in [-0.05, 0) is 55.3 Å². The minimum atomic E-state index is -3.97. The minimum absolute atomic E-state index is 0.0776. The number of hydrogen-bond donors (Lipinski definition) is 1. The molecular formula is C28H29Cl4N3O4S. The maximum atomic E-state index is 14.1. The zero-order valence-corrected chi connectivity index (χ0v) is 25.9. The summed E-state index contributed by atoms with van der Waals surface area (Å²) in [5.74, 6) is -1.03. The van der Waals surface area contributed by atoms with E-state index in [1.807, 2.05) is 44.2 Å². The fourth-order valence-electron chi connectivity index (χ4n) is 4.07. The second-order valence-corrected chi connectivity index (χ2v) is 13.1. The molecule has 0 radical (unpaired) electrons. The van der Waals surface area contributed by atoms with Crippen LogP contribution < -0.4 is 9.62 Å². The van der Waals surface area contributed by atoms with E-state index < -0.39 is 34.4 Å². The summed E-state index contributed by atoms with van der Waals surface area (Å²) < 4.78 is 26.6. The van der Waals surface area contributed by atoms with E-state index in [4.69, 9.17) is 46.4 Å². The molecule has 1 atom stereocenters. The molecule has 214 valence electrons. The highest BCUT2D eigenvalue weighted by molar-refractivity contribution is 7.92. The first-order valence-corrected chi connectivity index (χ1v) is 15.6. The summed E-state index contributed by atoms with van der Waals surface area (Å²) in [5, 5.41) is 3.99. The molecular weight excluding hydrogens is 616 g/mol. The predicted octanol–water partition coefficient (Wildman–Crippen LogP) is 6.23. The molecule has 0 bridgehead atoms. The summed E-state index contributed by atoms with van der Waals surface area (Å²) in [4.78, 5) is 28.9. The lowest BCUT2D eigenvalue weighted by Gasteiger charge is -2.34. The van der Waals surface area contributed by atoms with Crippen LogP contribution in [0.2, 0.25) is 20.1 Å². The van der Waals surface area contributed by atoms with Gasteiger partial charge in [0.1, 0.15) is 12.6 Å². The monoisotopic (exact) mass is 643 g/mol. The lowest BCUT2D eigenvalue weighted by atomic mass is 10.0. The van der Waals surface area contributed by atoms with Gasteiger partial charge < -0.3 is 10.2 Å². The van der Waals surface area contributed by atoms with Gasteiger partial charge >= 0.3 is 0 Å². The first kappa shape index (κ1) is 32.0. The molecule has 0 aliphatic heterocycles. The fourth-order valence-corrected chi connectivity index (χ4v) is 5.88. The number of carbonyl (C=O) groups is 2. The van der Waals surface area contributed by atoms with Crippen LogP contribution >= 0.6 is 46.4 Å². The highest BCUT2D eigenvalue weighted by Gasteiger charge is 2.33. The Morgan fingerprint density at radius 3 is 2.05 bits per heavy atom. The van der Waals surface area contributed by atoms with Gasteiger partial charge in [-0.3, -0.25) is 13.9 Å². The van der Waals surface area contributed by atoms with Crippen LogP contribution in [0, 0.1) is 0 Å². The summed E-state index contributed by atoms with van der Waals surface area (Å²) in [6.07, 6.45) is 1.15. The highest BCUT2D eigenvalue weighted by atomic mass is 35.5. The lowest BCUT2D eigenvalue weighted by Crippen LogP contribution is -2.54. The van der Waals surface area contributed by atoms with Crippen LogP contribution in [-0.4, -0.2) is 50.0 Å². The molecule has 0 aliphatic carbocycles. The lowest BCUT2D eigenvalue weighted by molar-refractivity contribution is -0.140. The molecule has 40 heavy (non-hydrogen) atoms. The number of rotatable bonds is 11. The largest absolute Gasteiger partial charge is 0.352 e. The number of anilines is 1. The number of benzene rings is 3. The highest BCUT2D eigenvalue weighted by Crippen LogP contribution is 2.28. The van der Waals surface area contributed by atoms with E-state index in [1.54, 1.807) is 12.1 Å². The smallest absolute Gasteiger partial charge is 0.244 e. The molecule has 0 heterocycles. The Bertz CT molecular complexity index is 1450. The Morgan fingerprint density at radius 2 is 1.50 bits per heavy atom. The molecule has 0 aromatic heterocycles. The number of amides is 2. The van der Waals surface area contributed by atoms with E-state index in [9.17, 15) is 18.0 Å². The molecule has 0 spiro atoms. The summed E-state index contributed by atoms with van der Waals surface area (Å²) in [5.41, 5.74) is 1.46. The van der Waals surface area contributed by atoms with Crippen LogP contribution in [0.3, 0.4) is 0 Å². The molecule has 7 nitrogen and oxygen atoms in total. The average Bonchev–Trinajstić information content (AvgIpc) is 2.84. The number of hydrogen-bond acceptors (Lipinski definition) is 4. The number of nitrogens with zero attached hydrogens (tertiary/aromatic N) is 2. The maximum absolute atomic E-state index is 14.1. The summed E-state index contributed by atoms with van der Waals surface area (Å²) in [7, 11) is -3.97. The minimum Gasteiger partial charge on any atom is -0.352 e. The third-order valence-corrected chi connectivity index (χ3v) is 8.04. The average molecular weight is 645 g/mol.